The quantitative estimate of drug-likeness (QED) is 0.690. The van der Waals surface area contributed by atoms with Crippen molar-refractivity contribution in [1.82, 2.24) is 4.98 Å². The van der Waals surface area contributed by atoms with Gasteiger partial charge in [0.05, 0.1) is 0 Å². The van der Waals surface area contributed by atoms with Gasteiger partial charge in [0.1, 0.15) is 0 Å². The summed E-state index contributed by atoms with van der Waals surface area (Å²) in [5.74, 6) is 0. The Labute approximate surface area is 105 Å². The maximum atomic E-state index is 12.0. The van der Waals surface area contributed by atoms with E-state index >= 15 is 0 Å². The molecule has 0 saturated carbocycles. The van der Waals surface area contributed by atoms with Crippen molar-refractivity contribution >= 4 is 27.2 Å². The number of hydrogen-bond acceptors (Lipinski definition) is 6. The molecule has 0 amide bonds. The summed E-state index contributed by atoms with van der Waals surface area (Å²) in [5, 5.41) is 6.89. The highest BCUT2D eigenvalue weighted by atomic mass is 32.1. The van der Waals surface area contributed by atoms with Crippen molar-refractivity contribution in [2.75, 3.05) is 5.43 Å². The molecule has 0 atom stereocenters. The fourth-order valence-electron chi connectivity index (χ4n) is 1.72. The van der Waals surface area contributed by atoms with Crippen molar-refractivity contribution in [2.45, 2.75) is 0 Å². The number of aromatic nitrogens is 1. The first-order chi connectivity index (χ1) is 8.77. The largest absolute Gasteiger partial charge is 0.287 e. The monoisotopic (exact) mass is 257 g/mol. The summed E-state index contributed by atoms with van der Waals surface area (Å²) in [6.45, 7) is 0. The van der Waals surface area contributed by atoms with Gasteiger partial charge in [0, 0.05) is 22.3 Å². The molecule has 3 aromatic rings. The summed E-state index contributed by atoms with van der Waals surface area (Å²) in [4.78, 5) is 27.9. The van der Waals surface area contributed by atoms with Gasteiger partial charge in [-0.25, -0.2) is 4.98 Å². The lowest BCUT2D eigenvalue weighted by Crippen LogP contribution is -2.32. The number of fused-ring (bicyclic) bond motifs is 1. The average Bonchev–Trinajstić information content (AvgIpc) is 2.98. The second-order valence-electron chi connectivity index (χ2n) is 3.61. The first kappa shape index (κ1) is 10.8. The van der Waals surface area contributed by atoms with Gasteiger partial charge in [0.2, 0.25) is 16.0 Å². The Morgan fingerprint density at radius 3 is 2.33 bits per heavy atom. The van der Waals surface area contributed by atoms with Gasteiger partial charge in [-0.3, -0.25) is 15.0 Å². The van der Waals surface area contributed by atoms with Crippen LogP contribution in [0.1, 0.15) is 0 Å². The van der Waals surface area contributed by atoms with E-state index in [1.54, 1.807) is 35.8 Å². The number of nitrogens with one attached hydrogen (secondary N) is 1. The van der Waals surface area contributed by atoms with Crippen LogP contribution in [0, 0.1) is 0 Å². The van der Waals surface area contributed by atoms with Gasteiger partial charge in [0.25, 0.3) is 0 Å². The Balaban J connectivity index is 2.21. The minimum Gasteiger partial charge on any atom is -0.287 e. The van der Waals surface area contributed by atoms with Crippen molar-refractivity contribution < 1.29 is 0 Å². The predicted molar refractivity (Wildman–Crippen MR) is 70.2 cm³/mol. The van der Waals surface area contributed by atoms with Crippen LogP contribution in [0.5, 0.6) is 0 Å². The highest BCUT2D eigenvalue weighted by Crippen LogP contribution is 2.09. The predicted octanol–water partition coefficient (Wildman–Crippen LogP) is 0.820. The van der Waals surface area contributed by atoms with Gasteiger partial charge in [-0.15, -0.1) is 11.3 Å². The lowest BCUT2D eigenvalue weighted by Gasteiger charge is -1.88. The molecule has 0 saturated heterocycles. The van der Waals surface area contributed by atoms with Gasteiger partial charge in [-0.1, -0.05) is 24.3 Å². The lowest BCUT2D eigenvalue weighted by atomic mass is 10.2. The molecule has 0 radical (unpaired) electrons. The Kier molecular flexibility index (Phi) is 2.49. The average molecular weight is 257 g/mol. The Bertz CT molecular complexity index is 796. The molecule has 0 unspecified atom stereocenters. The van der Waals surface area contributed by atoms with E-state index in [9.17, 15) is 9.59 Å². The number of rotatable bonds is 2. The normalized spacial score (nSPS) is 10.7. The number of nitrogens with zero attached hydrogens (tertiary/aromatic N) is 2. The molecule has 0 aliphatic rings. The molecule has 2 aromatic carbocycles. The summed E-state index contributed by atoms with van der Waals surface area (Å²) in [6.07, 6.45) is 1.61. The van der Waals surface area contributed by atoms with Crippen LogP contribution in [0.4, 0.5) is 5.13 Å². The van der Waals surface area contributed by atoms with E-state index in [0.29, 0.717) is 15.9 Å². The third-order valence-corrected chi connectivity index (χ3v) is 3.22. The van der Waals surface area contributed by atoms with Gasteiger partial charge in [-0.2, -0.15) is 5.10 Å². The number of thiazole rings is 1. The second-order valence-corrected chi connectivity index (χ2v) is 4.51. The SMILES string of the molecule is O=c1c(=NNc2nccs2)c(=O)c2ccccc12. The van der Waals surface area contributed by atoms with Crippen LogP contribution in [-0.2, 0) is 0 Å². The molecule has 18 heavy (non-hydrogen) atoms. The van der Waals surface area contributed by atoms with Crippen molar-refractivity contribution in [3.63, 3.8) is 0 Å². The molecule has 6 heteroatoms. The summed E-state index contributed by atoms with van der Waals surface area (Å²) in [5.41, 5.74) is 1.92. The second kappa shape index (κ2) is 4.15. The van der Waals surface area contributed by atoms with Gasteiger partial charge in [0.15, 0.2) is 5.36 Å². The molecule has 3 rings (SSSR count). The topological polar surface area (TPSA) is 71.4 Å². The highest BCUT2D eigenvalue weighted by molar-refractivity contribution is 7.13. The Morgan fingerprint density at radius 1 is 1.11 bits per heavy atom. The van der Waals surface area contributed by atoms with Crippen molar-refractivity contribution in [1.29, 1.82) is 0 Å². The fourth-order valence-corrected chi connectivity index (χ4v) is 2.19. The molecule has 1 heterocycles. The van der Waals surface area contributed by atoms with Crippen LogP contribution in [0.15, 0.2) is 50.5 Å². The van der Waals surface area contributed by atoms with Crippen LogP contribution >= 0.6 is 11.3 Å². The number of benzene rings is 1. The van der Waals surface area contributed by atoms with Crippen molar-refractivity contribution in [3.05, 3.63) is 61.6 Å². The molecule has 1 N–H and O–H groups in total. The third kappa shape index (κ3) is 1.63. The Morgan fingerprint density at radius 2 is 1.78 bits per heavy atom. The molecule has 5 nitrogen and oxygen atoms in total. The van der Waals surface area contributed by atoms with Crippen LogP contribution < -0.4 is 21.6 Å². The number of anilines is 1. The Hall–Kier alpha value is -2.34. The van der Waals surface area contributed by atoms with Crippen molar-refractivity contribution in [2.24, 2.45) is 5.10 Å². The third-order valence-electron chi connectivity index (χ3n) is 2.54. The zero-order valence-corrected chi connectivity index (χ0v) is 9.90. The molecule has 0 aliphatic heterocycles. The molecule has 0 aliphatic carbocycles. The molecule has 88 valence electrons. The van der Waals surface area contributed by atoms with E-state index in [2.05, 4.69) is 15.5 Å². The summed E-state index contributed by atoms with van der Waals surface area (Å²) >= 11 is 1.34. The van der Waals surface area contributed by atoms with Crippen LogP contribution in [-0.4, -0.2) is 4.98 Å². The zero-order valence-electron chi connectivity index (χ0n) is 9.08. The molecule has 0 fully saturated rings. The van der Waals surface area contributed by atoms with Crippen LogP contribution in [0.25, 0.3) is 10.8 Å². The zero-order chi connectivity index (χ0) is 12.5. The maximum Gasteiger partial charge on any atom is 0.217 e. The molecule has 0 bridgehead atoms. The van der Waals surface area contributed by atoms with E-state index in [4.69, 9.17) is 0 Å². The summed E-state index contributed by atoms with van der Waals surface area (Å²) in [7, 11) is 0. The summed E-state index contributed by atoms with van der Waals surface area (Å²) in [6, 6.07) is 6.70. The van der Waals surface area contributed by atoms with E-state index < -0.39 is 0 Å². The standard InChI is InChI=1S/C12H7N3O2S/c16-10-7-3-1-2-4-8(7)11(17)9(10)14-15-12-13-5-6-18-12/h1-6H,(H,13,15). The lowest BCUT2D eigenvalue weighted by molar-refractivity contribution is 1.18. The van der Waals surface area contributed by atoms with E-state index in [0.717, 1.165) is 0 Å². The first-order valence-electron chi connectivity index (χ1n) is 5.19. The van der Waals surface area contributed by atoms with E-state index in [-0.39, 0.29) is 16.2 Å². The minimum absolute atomic E-state index is 0.0913. The van der Waals surface area contributed by atoms with Gasteiger partial charge < -0.3 is 0 Å². The first-order valence-corrected chi connectivity index (χ1v) is 6.07. The minimum atomic E-state index is -0.348. The van der Waals surface area contributed by atoms with Crippen molar-refractivity contribution in [3.8, 4) is 0 Å². The fraction of sp³-hybridized carbons (Fsp3) is 0. The highest BCUT2D eigenvalue weighted by Gasteiger charge is 2.09. The molecular formula is C12H7N3O2S. The smallest absolute Gasteiger partial charge is 0.217 e. The van der Waals surface area contributed by atoms with Gasteiger partial charge in [-0.05, 0) is 0 Å². The van der Waals surface area contributed by atoms with Crippen LogP contribution in [0.3, 0.4) is 0 Å². The number of hydrogen-bond donors (Lipinski definition) is 1. The van der Waals surface area contributed by atoms with E-state index in [1.165, 1.54) is 11.3 Å². The molecular weight excluding hydrogens is 250 g/mol. The van der Waals surface area contributed by atoms with E-state index in [1.807, 2.05) is 0 Å². The molecule has 0 spiro atoms. The maximum absolute atomic E-state index is 12.0. The molecule has 1 aromatic heterocycles. The summed E-state index contributed by atoms with van der Waals surface area (Å²) < 4.78 is 0. The van der Waals surface area contributed by atoms with Crippen LogP contribution in [0.2, 0.25) is 0 Å². The van der Waals surface area contributed by atoms with Gasteiger partial charge >= 0.3 is 0 Å².